The maximum atomic E-state index is 14.7. The van der Waals surface area contributed by atoms with Gasteiger partial charge in [0.1, 0.15) is 14.7 Å². The minimum atomic E-state index is -3.41. The van der Waals surface area contributed by atoms with Gasteiger partial charge in [0.05, 0.1) is 6.07 Å². The largest absolute Gasteiger partial charge is 0.459 e. The molecule has 0 amide bonds. The molecular formula is C21H23F2NO2Si. The van der Waals surface area contributed by atoms with Crippen LogP contribution in [0.4, 0.5) is 8.78 Å². The number of esters is 1. The number of nitrogens with zero attached hydrogens (tertiary/aromatic N) is 1. The lowest BCUT2D eigenvalue weighted by molar-refractivity contribution is -0.164. The number of nitriles is 1. The average molecular weight is 388 g/mol. The van der Waals surface area contributed by atoms with Gasteiger partial charge in [-0.15, -0.1) is 0 Å². The standard InChI is InChI=1S/C21H23F2NO2Si/c1-20(15-24,21(22,23)27(2,3)4)19(25)26-14-16-10-12-18(13-11-16)17-8-6-5-7-9-17/h5-13H,14H2,1-4H3/t20-/m0/s1. The lowest BCUT2D eigenvalue weighted by atomic mass is 9.93. The SMILES string of the molecule is C[C@](C#N)(C(=O)OCc1ccc(-c2ccccc2)cc1)C(F)(F)[Si](C)(C)C. The van der Waals surface area contributed by atoms with Crippen molar-refractivity contribution in [2.45, 2.75) is 38.7 Å². The Bertz CT molecular complexity index is 839. The van der Waals surface area contributed by atoms with Crippen LogP contribution in [0.25, 0.3) is 11.1 Å². The molecule has 2 aromatic rings. The van der Waals surface area contributed by atoms with Crippen LogP contribution in [0.1, 0.15) is 12.5 Å². The van der Waals surface area contributed by atoms with Gasteiger partial charge in [-0.3, -0.25) is 4.79 Å². The van der Waals surface area contributed by atoms with Crippen LogP contribution in [-0.2, 0) is 16.1 Å². The van der Waals surface area contributed by atoms with Gasteiger partial charge in [-0.2, -0.15) is 5.26 Å². The van der Waals surface area contributed by atoms with Crippen molar-refractivity contribution in [1.82, 2.24) is 0 Å². The third-order valence-electron chi connectivity index (χ3n) is 4.63. The lowest BCUT2D eigenvalue weighted by Gasteiger charge is -2.37. The molecule has 2 aromatic carbocycles. The fraction of sp³-hybridized carbons (Fsp3) is 0.333. The van der Waals surface area contributed by atoms with Crippen molar-refractivity contribution in [2.75, 3.05) is 0 Å². The number of hydrogen-bond acceptors (Lipinski definition) is 3. The third-order valence-corrected chi connectivity index (χ3v) is 7.02. The molecule has 0 spiro atoms. The summed E-state index contributed by atoms with van der Waals surface area (Å²) in [4.78, 5) is 12.3. The first-order valence-corrected chi connectivity index (χ1v) is 12.1. The van der Waals surface area contributed by atoms with E-state index in [2.05, 4.69) is 0 Å². The van der Waals surface area contributed by atoms with Gasteiger partial charge in [-0.25, -0.2) is 8.78 Å². The van der Waals surface area contributed by atoms with Gasteiger partial charge in [0, 0.05) is 0 Å². The van der Waals surface area contributed by atoms with Crippen molar-refractivity contribution < 1.29 is 18.3 Å². The number of carbonyl (C=O) groups excluding carboxylic acids is 1. The highest BCUT2D eigenvalue weighted by molar-refractivity contribution is 6.79. The zero-order valence-corrected chi connectivity index (χ0v) is 16.9. The predicted octanol–water partition coefficient (Wildman–Crippen LogP) is 5.44. The fourth-order valence-corrected chi connectivity index (χ4v) is 4.37. The van der Waals surface area contributed by atoms with E-state index in [-0.39, 0.29) is 6.61 Å². The minimum Gasteiger partial charge on any atom is -0.459 e. The normalized spacial score (nSPS) is 14.1. The molecule has 0 unspecified atom stereocenters. The Labute approximate surface area is 159 Å². The zero-order chi connectivity index (χ0) is 20.3. The van der Waals surface area contributed by atoms with Crippen LogP contribution in [0.15, 0.2) is 54.6 Å². The summed E-state index contributed by atoms with van der Waals surface area (Å²) < 4.78 is 34.6. The molecule has 0 aliphatic rings. The highest BCUT2D eigenvalue weighted by atomic mass is 28.3. The quantitative estimate of drug-likeness (QED) is 0.490. The van der Waals surface area contributed by atoms with Crippen molar-refractivity contribution in [3.8, 4) is 17.2 Å². The molecule has 142 valence electrons. The molecule has 0 radical (unpaired) electrons. The Hall–Kier alpha value is -2.52. The second-order valence-corrected chi connectivity index (χ2v) is 12.8. The summed E-state index contributed by atoms with van der Waals surface area (Å²) in [5.41, 5.74) is -3.20. The number of halogens is 2. The summed E-state index contributed by atoms with van der Waals surface area (Å²) in [6.45, 7) is 5.09. The van der Waals surface area contributed by atoms with E-state index in [0.29, 0.717) is 5.56 Å². The van der Waals surface area contributed by atoms with Crippen LogP contribution in [0, 0.1) is 16.7 Å². The monoisotopic (exact) mass is 387 g/mol. The molecule has 0 aromatic heterocycles. The smallest absolute Gasteiger partial charge is 0.332 e. The van der Waals surface area contributed by atoms with Crippen LogP contribution in [0.3, 0.4) is 0 Å². The minimum absolute atomic E-state index is 0.160. The number of carbonyl (C=O) groups is 1. The van der Waals surface area contributed by atoms with Gasteiger partial charge in [0.15, 0.2) is 0 Å². The molecule has 27 heavy (non-hydrogen) atoms. The van der Waals surface area contributed by atoms with Gasteiger partial charge in [0.2, 0.25) is 5.41 Å². The molecule has 0 bridgehead atoms. The second-order valence-electron chi connectivity index (χ2n) is 7.70. The molecule has 0 N–H and O–H groups in total. The van der Waals surface area contributed by atoms with Gasteiger partial charge in [-0.1, -0.05) is 74.2 Å². The number of alkyl halides is 2. The summed E-state index contributed by atoms with van der Waals surface area (Å²) in [6.07, 6.45) is 0. The van der Waals surface area contributed by atoms with E-state index in [9.17, 15) is 18.8 Å². The van der Waals surface area contributed by atoms with E-state index in [1.807, 2.05) is 42.5 Å². The molecule has 0 saturated carbocycles. The van der Waals surface area contributed by atoms with E-state index in [1.54, 1.807) is 12.1 Å². The average Bonchev–Trinajstić information content (AvgIpc) is 2.65. The van der Waals surface area contributed by atoms with Crippen LogP contribution in [0.5, 0.6) is 0 Å². The Morgan fingerprint density at radius 1 is 1.04 bits per heavy atom. The molecular weight excluding hydrogens is 364 g/mol. The maximum Gasteiger partial charge on any atom is 0.332 e. The van der Waals surface area contributed by atoms with Gasteiger partial charge in [0.25, 0.3) is 5.55 Å². The Kier molecular flexibility index (Phi) is 5.86. The number of benzene rings is 2. The van der Waals surface area contributed by atoms with E-state index in [1.165, 1.54) is 25.7 Å². The van der Waals surface area contributed by atoms with Crippen LogP contribution >= 0.6 is 0 Å². The number of rotatable bonds is 6. The first-order valence-electron chi connectivity index (χ1n) is 8.63. The van der Waals surface area contributed by atoms with E-state index in [4.69, 9.17) is 4.74 Å². The van der Waals surface area contributed by atoms with Gasteiger partial charge < -0.3 is 4.74 Å². The fourth-order valence-electron chi connectivity index (χ4n) is 2.71. The Balaban J connectivity index is 2.11. The van der Waals surface area contributed by atoms with Crippen molar-refractivity contribution in [3.05, 3.63) is 60.2 Å². The van der Waals surface area contributed by atoms with Crippen LogP contribution in [0.2, 0.25) is 19.6 Å². The molecule has 0 heterocycles. The summed E-state index contributed by atoms with van der Waals surface area (Å²) in [5, 5.41) is 9.31. The molecule has 0 fully saturated rings. The first kappa shape index (κ1) is 20.8. The van der Waals surface area contributed by atoms with Crippen molar-refractivity contribution in [1.29, 1.82) is 5.26 Å². The number of ether oxygens (including phenoxy) is 1. The van der Waals surface area contributed by atoms with Crippen molar-refractivity contribution in [3.63, 3.8) is 0 Å². The highest BCUT2D eigenvalue weighted by Crippen LogP contribution is 2.44. The molecule has 1 atom stereocenters. The van der Waals surface area contributed by atoms with Gasteiger partial charge in [-0.05, 0) is 23.6 Å². The summed E-state index contributed by atoms with van der Waals surface area (Å²) in [6, 6.07) is 18.6. The van der Waals surface area contributed by atoms with Crippen LogP contribution in [-0.4, -0.2) is 19.6 Å². The summed E-state index contributed by atoms with van der Waals surface area (Å²) >= 11 is 0. The zero-order valence-electron chi connectivity index (χ0n) is 15.9. The predicted molar refractivity (Wildman–Crippen MR) is 104 cm³/mol. The molecule has 2 rings (SSSR count). The van der Waals surface area contributed by atoms with Crippen LogP contribution < -0.4 is 0 Å². The molecule has 0 aliphatic carbocycles. The maximum absolute atomic E-state index is 14.7. The second kappa shape index (κ2) is 7.61. The molecule has 3 nitrogen and oxygen atoms in total. The Morgan fingerprint density at radius 2 is 1.56 bits per heavy atom. The topological polar surface area (TPSA) is 50.1 Å². The molecule has 0 aliphatic heterocycles. The molecule has 6 heteroatoms. The van der Waals surface area contributed by atoms with E-state index >= 15 is 0 Å². The van der Waals surface area contributed by atoms with E-state index < -0.39 is 25.0 Å². The van der Waals surface area contributed by atoms with E-state index in [0.717, 1.165) is 18.1 Å². The van der Waals surface area contributed by atoms with Crippen molar-refractivity contribution in [2.24, 2.45) is 5.41 Å². The third kappa shape index (κ3) is 4.09. The molecule has 0 saturated heterocycles. The number of hydrogen-bond donors (Lipinski definition) is 0. The summed E-state index contributed by atoms with van der Waals surface area (Å²) in [7, 11) is -3.11. The highest BCUT2D eigenvalue weighted by Gasteiger charge is 2.64. The van der Waals surface area contributed by atoms with Crippen molar-refractivity contribution >= 4 is 14.0 Å². The first-order chi connectivity index (χ1) is 12.5. The van der Waals surface area contributed by atoms with Gasteiger partial charge >= 0.3 is 5.97 Å². The lowest BCUT2D eigenvalue weighted by Crippen LogP contribution is -2.59. The summed E-state index contributed by atoms with van der Waals surface area (Å²) in [5.74, 6) is -1.19. The Morgan fingerprint density at radius 3 is 2.04 bits per heavy atom.